The minimum atomic E-state index is -2.82. The number of thiocarbonyl (C=S) groups is 1. The number of aryl methyl sites for hydroxylation is 1. The molecule has 0 heterocycles. The Balaban J connectivity index is 1.87. The van der Waals surface area contributed by atoms with Gasteiger partial charge in [-0.2, -0.15) is 8.78 Å². The minimum absolute atomic E-state index is 0.128. The highest BCUT2D eigenvalue weighted by Crippen LogP contribution is 2.21. The van der Waals surface area contributed by atoms with Crippen LogP contribution in [0.3, 0.4) is 0 Å². The first-order valence-electron chi connectivity index (χ1n) is 7.21. The van der Waals surface area contributed by atoms with Crippen LogP contribution in [0, 0.1) is 6.92 Å². The van der Waals surface area contributed by atoms with E-state index in [2.05, 4.69) is 15.4 Å². The topological polar surface area (TPSA) is 42.5 Å². The van der Waals surface area contributed by atoms with E-state index >= 15 is 0 Å². The smallest absolute Gasteiger partial charge is 0.387 e. The molecule has 7 heteroatoms. The van der Waals surface area contributed by atoms with Crippen LogP contribution in [0.1, 0.15) is 11.1 Å². The first kappa shape index (κ1) is 17.9. The van der Waals surface area contributed by atoms with Crippen molar-refractivity contribution in [2.24, 2.45) is 0 Å². The molecule has 2 aromatic carbocycles. The Morgan fingerprint density at radius 1 is 1.12 bits per heavy atom. The van der Waals surface area contributed by atoms with Crippen molar-refractivity contribution in [2.45, 2.75) is 20.1 Å². The Labute approximate surface area is 144 Å². The van der Waals surface area contributed by atoms with E-state index in [1.165, 1.54) is 12.1 Å². The fourth-order valence-electron chi connectivity index (χ4n) is 2.04. The lowest BCUT2D eigenvalue weighted by Crippen LogP contribution is -2.28. The van der Waals surface area contributed by atoms with Crippen molar-refractivity contribution < 1.29 is 18.3 Å². The molecule has 2 aromatic rings. The molecule has 0 aliphatic carbocycles. The van der Waals surface area contributed by atoms with Crippen LogP contribution in [-0.2, 0) is 6.54 Å². The molecule has 0 saturated heterocycles. The fraction of sp³-hybridized carbons (Fsp3) is 0.235. The van der Waals surface area contributed by atoms with Crippen LogP contribution in [0.2, 0.25) is 0 Å². The van der Waals surface area contributed by atoms with Gasteiger partial charge in [0.15, 0.2) is 5.11 Å². The zero-order valence-electron chi connectivity index (χ0n) is 13.3. The second-order valence-electron chi connectivity index (χ2n) is 5.01. The molecule has 0 aliphatic rings. The van der Waals surface area contributed by atoms with Crippen LogP contribution < -0.4 is 20.1 Å². The Hall–Kier alpha value is -2.41. The van der Waals surface area contributed by atoms with Gasteiger partial charge in [-0.3, -0.25) is 0 Å². The normalized spacial score (nSPS) is 10.4. The minimum Gasteiger partial charge on any atom is -0.497 e. The van der Waals surface area contributed by atoms with Gasteiger partial charge in [0.25, 0.3) is 0 Å². The zero-order valence-corrected chi connectivity index (χ0v) is 14.1. The van der Waals surface area contributed by atoms with Gasteiger partial charge in [0.1, 0.15) is 11.5 Å². The maximum atomic E-state index is 12.1. The number of ether oxygens (including phenoxy) is 2. The molecule has 0 bridgehead atoms. The van der Waals surface area contributed by atoms with Crippen LogP contribution >= 0.6 is 12.2 Å². The summed E-state index contributed by atoms with van der Waals surface area (Å²) in [6, 6.07) is 12.0. The summed E-state index contributed by atoms with van der Waals surface area (Å²) >= 11 is 5.26. The second kappa shape index (κ2) is 8.44. The van der Waals surface area contributed by atoms with Crippen molar-refractivity contribution in [3.63, 3.8) is 0 Å². The highest BCUT2D eigenvalue weighted by atomic mass is 32.1. The maximum Gasteiger partial charge on any atom is 0.387 e. The van der Waals surface area contributed by atoms with Gasteiger partial charge >= 0.3 is 6.61 Å². The lowest BCUT2D eigenvalue weighted by Gasteiger charge is -2.13. The molecule has 0 fully saturated rings. The molecule has 0 aromatic heterocycles. The largest absolute Gasteiger partial charge is 0.497 e. The molecule has 0 spiro atoms. The van der Waals surface area contributed by atoms with Gasteiger partial charge < -0.3 is 20.1 Å². The van der Waals surface area contributed by atoms with Crippen molar-refractivity contribution in [1.82, 2.24) is 5.32 Å². The number of methoxy groups -OCH3 is 1. The van der Waals surface area contributed by atoms with E-state index in [9.17, 15) is 8.78 Å². The van der Waals surface area contributed by atoms with Crippen molar-refractivity contribution >= 4 is 23.0 Å². The molecule has 0 atom stereocenters. The van der Waals surface area contributed by atoms with Crippen molar-refractivity contribution in [1.29, 1.82) is 0 Å². The van der Waals surface area contributed by atoms with E-state index in [4.69, 9.17) is 17.0 Å². The zero-order chi connectivity index (χ0) is 17.5. The van der Waals surface area contributed by atoms with E-state index < -0.39 is 6.61 Å². The molecule has 0 saturated carbocycles. The maximum absolute atomic E-state index is 12.1. The summed E-state index contributed by atoms with van der Waals surface area (Å²) in [7, 11) is 1.62. The third-order valence-corrected chi connectivity index (χ3v) is 3.53. The lowest BCUT2D eigenvalue weighted by molar-refractivity contribution is -0.0498. The first-order valence-corrected chi connectivity index (χ1v) is 7.62. The summed E-state index contributed by atoms with van der Waals surface area (Å²) < 4.78 is 33.7. The van der Waals surface area contributed by atoms with Crippen LogP contribution in [0.4, 0.5) is 14.5 Å². The molecule has 128 valence electrons. The van der Waals surface area contributed by atoms with E-state index in [1.807, 2.05) is 25.1 Å². The average molecular weight is 352 g/mol. The first-order chi connectivity index (χ1) is 11.5. The monoisotopic (exact) mass is 352 g/mol. The van der Waals surface area contributed by atoms with Crippen LogP contribution in [-0.4, -0.2) is 18.8 Å². The molecule has 24 heavy (non-hydrogen) atoms. The Kier molecular flexibility index (Phi) is 6.31. The van der Waals surface area contributed by atoms with Gasteiger partial charge in [-0.1, -0.05) is 12.1 Å². The molecular formula is C17H18F2N2O2S. The van der Waals surface area contributed by atoms with E-state index in [0.29, 0.717) is 11.7 Å². The number of halogens is 2. The Bertz CT molecular complexity index is 693. The van der Waals surface area contributed by atoms with Crippen molar-refractivity contribution in [3.8, 4) is 11.5 Å². The summed E-state index contributed by atoms with van der Waals surface area (Å²) in [6.45, 7) is -0.399. The summed E-state index contributed by atoms with van der Waals surface area (Å²) in [5, 5.41) is 6.64. The lowest BCUT2D eigenvalue weighted by atomic mass is 10.2. The molecule has 2 rings (SSSR count). The SMILES string of the molecule is COc1ccc(NC(=S)NCc2ccc(OC(F)F)cc2)c(C)c1. The molecule has 0 unspecified atom stereocenters. The van der Waals surface area contributed by atoms with Gasteiger partial charge in [0, 0.05) is 12.2 Å². The molecular weight excluding hydrogens is 334 g/mol. The third-order valence-electron chi connectivity index (χ3n) is 3.28. The molecule has 0 amide bonds. The number of hydrogen-bond donors (Lipinski definition) is 2. The van der Waals surface area contributed by atoms with Crippen LogP contribution in [0.5, 0.6) is 11.5 Å². The Morgan fingerprint density at radius 2 is 1.79 bits per heavy atom. The van der Waals surface area contributed by atoms with E-state index in [0.717, 1.165) is 22.6 Å². The summed E-state index contributed by atoms with van der Waals surface area (Å²) in [6.07, 6.45) is 0. The number of rotatable bonds is 6. The standard InChI is InChI=1S/C17H18F2N2O2S/c1-11-9-14(22-2)7-8-15(11)21-17(24)20-10-12-3-5-13(6-4-12)23-16(18)19/h3-9,16H,10H2,1-2H3,(H2,20,21,24). The van der Waals surface area contributed by atoms with Crippen molar-refractivity contribution in [2.75, 3.05) is 12.4 Å². The number of benzene rings is 2. The number of anilines is 1. The van der Waals surface area contributed by atoms with Gasteiger partial charge in [-0.15, -0.1) is 0 Å². The fourth-order valence-corrected chi connectivity index (χ4v) is 2.22. The highest BCUT2D eigenvalue weighted by molar-refractivity contribution is 7.80. The molecule has 0 aliphatic heterocycles. The summed E-state index contributed by atoms with van der Waals surface area (Å²) in [4.78, 5) is 0. The van der Waals surface area contributed by atoms with Gasteiger partial charge in [-0.05, 0) is 60.6 Å². The van der Waals surface area contributed by atoms with Gasteiger partial charge in [-0.25, -0.2) is 0 Å². The number of hydrogen-bond acceptors (Lipinski definition) is 3. The summed E-state index contributed by atoms with van der Waals surface area (Å²) in [5.74, 6) is 0.909. The van der Waals surface area contributed by atoms with Gasteiger partial charge in [0.05, 0.1) is 7.11 Å². The Morgan fingerprint density at radius 3 is 2.38 bits per heavy atom. The second-order valence-corrected chi connectivity index (χ2v) is 5.42. The number of alkyl halides is 2. The third kappa shape index (κ3) is 5.34. The molecule has 4 nitrogen and oxygen atoms in total. The van der Waals surface area contributed by atoms with Crippen LogP contribution in [0.25, 0.3) is 0 Å². The quantitative estimate of drug-likeness (QED) is 0.767. The van der Waals surface area contributed by atoms with Crippen molar-refractivity contribution in [3.05, 3.63) is 53.6 Å². The molecule has 0 radical (unpaired) electrons. The predicted molar refractivity (Wildman–Crippen MR) is 93.9 cm³/mol. The van der Waals surface area contributed by atoms with E-state index in [-0.39, 0.29) is 5.75 Å². The summed E-state index contributed by atoms with van der Waals surface area (Å²) in [5.41, 5.74) is 2.79. The predicted octanol–water partition coefficient (Wildman–Crippen LogP) is 4.09. The highest BCUT2D eigenvalue weighted by Gasteiger charge is 2.05. The number of nitrogens with one attached hydrogen (secondary N) is 2. The van der Waals surface area contributed by atoms with E-state index in [1.54, 1.807) is 19.2 Å². The van der Waals surface area contributed by atoms with Crippen LogP contribution in [0.15, 0.2) is 42.5 Å². The average Bonchev–Trinajstić information content (AvgIpc) is 2.55. The molecule has 2 N–H and O–H groups in total. The van der Waals surface area contributed by atoms with Gasteiger partial charge in [0.2, 0.25) is 0 Å².